The second kappa shape index (κ2) is 4.54. The van der Waals surface area contributed by atoms with Gasteiger partial charge in [-0.15, -0.1) is 0 Å². The lowest BCUT2D eigenvalue weighted by atomic mass is 10.3. The first-order valence-electron chi connectivity index (χ1n) is 5.40. The Morgan fingerprint density at radius 3 is 2.58 bits per heavy atom. The fraction of sp³-hybridized carbons (Fsp3) is 0.182. The molecule has 1 aromatic heterocycles. The van der Waals surface area contributed by atoms with Crippen molar-refractivity contribution in [3.63, 3.8) is 0 Å². The third kappa shape index (κ3) is 2.53. The molecule has 0 radical (unpaired) electrons. The van der Waals surface area contributed by atoms with Crippen LogP contribution in [0.4, 0.5) is 15.8 Å². The molecule has 0 saturated heterocycles. The number of halogens is 1. The summed E-state index contributed by atoms with van der Waals surface area (Å²) in [6.07, 6.45) is 0. The smallest absolute Gasteiger partial charge is 0.265 e. The molecule has 102 valence electrons. The zero-order valence-electron chi connectivity index (χ0n) is 10.4. The van der Waals surface area contributed by atoms with Crippen molar-refractivity contribution in [3.8, 4) is 0 Å². The maximum Gasteiger partial charge on any atom is 0.265 e. The van der Waals surface area contributed by atoms with Crippen LogP contribution in [-0.4, -0.2) is 18.6 Å². The minimum Gasteiger partial charge on any atom is -0.396 e. The third-order valence-electron chi connectivity index (χ3n) is 2.58. The van der Waals surface area contributed by atoms with Gasteiger partial charge in [-0.1, -0.05) is 0 Å². The molecule has 0 aliphatic heterocycles. The number of nitrogens with two attached hydrogens (primary N) is 1. The molecule has 0 aliphatic carbocycles. The van der Waals surface area contributed by atoms with Crippen LogP contribution in [0.2, 0.25) is 0 Å². The van der Waals surface area contributed by atoms with Gasteiger partial charge in [0.15, 0.2) is 0 Å². The topological polar surface area (TPSA) is 101 Å². The van der Waals surface area contributed by atoms with Crippen molar-refractivity contribution < 1.29 is 12.8 Å². The summed E-state index contributed by atoms with van der Waals surface area (Å²) in [7, 11) is -3.81. The third-order valence-corrected chi connectivity index (χ3v) is 4.23. The highest BCUT2D eigenvalue weighted by molar-refractivity contribution is 7.92. The van der Waals surface area contributed by atoms with E-state index in [0.29, 0.717) is 11.4 Å². The lowest BCUT2D eigenvalue weighted by molar-refractivity contribution is 0.600. The Bertz CT molecular complexity index is 705. The van der Waals surface area contributed by atoms with E-state index in [4.69, 9.17) is 5.73 Å². The molecule has 0 fully saturated rings. The van der Waals surface area contributed by atoms with E-state index >= 15 is 0 Å². The van der Waals surface area contributed by atoms with E-state index in [1.807, 2.05) is 0 Å². The van der Waals surface area contributed by atoms with Gasteiger partial charge in [-0.25, -0.2) is 12.8 Å². The summed E-state index contributed by atoms with van der Waals surface area (Å²) >= 11 is 0. The Morgan fingerprint density at radius 1 is 1.37 bits per heavy atom. The molecule has 0 aliphatic rings. The average molecular weight is 284 g/mol. The maximum absolute atomic E-state index is 13.3. The van der Waals surface area contributed by atoms with Crippen LogP contribution in [0, 0.1) is 19.7 Å². The van der Waals surface area contributed by atoms with E-state index in [-0.39, 0.29) is 16.3 Å². The normalized spacial score (nSPS) is 11.5. The number of hydrogen-bond donors (Lipinski definition) is 3. The van der Waals surface area contributed by atoms with E-state index in [2.05, 4.69) is 14.9 Å². The Kier molecular flexibility index (Phi) is 3.19. The number of nitrogen functional groups attached to an aromatic ring is 1. The van der Waals surface area contributed by atoms with Crippen LogP contribution in [0.25, 0.3) is 0 Å². The van der Waals surface area contributed by atoms with Gasteiger partial charge in [0.25, 0.3) is 10.0 Å². The molecule has 6 nitrogen and oxygen atoms in total. The minimum absolute atomic E-state index is 0.0429. The number of rotatable bonds is 3. The van der Waals surface area contributed by atoms with Crippen LogP contribution in [0.5, 0.6) is 0 Å². The molecule has 0 saturated carbocycles. The zero-order valence-corrected chi connectivity index (χ0v) is 11.2. The lowest BCUT2D eigenvalue weighted by Gasteiger charge is -2.08. The summed E-state index contributed by atoms with van der Waals surface area (Å²) in [5.41, 5.74) is 6.15. The molecule has 0 bridgehead atoms. The molecular formula is C11H13FN4O2S. The standard InChI is InChI=1S/C11H13FN4O2S/c1-6-11(7(2)15-14-6)19(17,18)16-8-3-4-10(13)9(12)5-8/h3-5,16H,13H2,1-2H3,(H,14,15). The Morgan fingerprint density at radius 2 is 2.05 bits per heavy atom. The molecule has 0 atom stereocenters. The first-order valence-corrected chi connectivity index (χ1v) is 6.89. The van der Waals surface area contributed by atoms with Crippen molar-refractivity contribution in [3.05, 3.63) is 35.4 Å². The van der Waals surface area contributed by atoms with E-state index < -0.39 is 15.8 Å². The van der Waals surface area contributed by atoms with Crippen LogP contribution in [0.3, 0.4) is 0 Å². The average Bonchev–Trinajstić information content (AvgIpc) is 2.64. The molecule has 2 rings (SSSR count). The highest BCUT2D eigenvalue weighted by atomic mass is 32.2. The van der Waals surface area contributed by atoms with Crippen molar-refractivity contribution in [1.82, 2.24) is 10.2 Å². The van der Waals surface area contributed by atoms with Crippen molar-refractivity contribution in [2.45, 2.75) is 18.7 Å². The number of H-pyrrole nitrogens is 1. The first-order chi connectivity index (χ1) is 8.81. The largest absolute Gasteiger partial charge is 0.396 e. The SMILES string of the molecule is Cc1n[nH]c(C)c1S(=O)(=O)Nc1ccc(N)c(F)c1. The van der Waals surface area contributed by atoms with E-state index in [9.17, 15) is 12.8 Å². The fourth-order valence-corrected chi connectivity index (χ4v) is 3.16. The number of anilines is 2. The molecule has 8 heteroatoms. The van der Waals surface area contributed by atoms with Crippen molar-refractivity contribution in [1.29, 1.82) is 0 Å². The molecule has 0 amide bonds. The number of hydrogen-bond acceptors (Lipinski definition) is 4. The zero-order chi connectivity index (χ0) is 14.2. The summed E-state index contributed by atoms with van der Waals surface area (Å²) < 4.78 is 39.9. The number of benzene rings is 1. The van der Waals surface area contributed by atoms with Crippen LogP contribution < -0.4 is 10.5 Å². The number of nitrogens with zero attached hydrogens (tertiary/aromatic N) is 1. The summed E-state index contributed by atoms with van der Waals surface area (Å²) in [6, 6.07) is 3.71. The van der Waals surface area contributed by atoms with E-state index in [0.717, 1.165) is 6.07 Å². The van der Waals surface area contributed by atoms with Gasteiger partial charge in [0, 0.05) is 6.07 Å². The van der Waals surface area contributed by atoms with Crippen molar-refractivity contribution in [2.24, 2.45) is 0 Å². The van der Waals surface area contributed by atoms with Gasteiger partial charge in [-0.05, 0) is 26.0 Å². The highest BCUT2D eigenvalue weighted by Gasteiger charge is 2.22. The lowest BCUT2D eigenvalue weighted by Crippen LogP contribution is -2.14. The number of nitrogens with one attached hydrogen (secondary N) is 2. The summed E-state index contributed by atoms with van der Waals surface area (Å²) in [4.78, 5) is 0.0599. The van der Waals surface area contributed by atoms with E-state index in [1.54, 1.807) is 13.8 Å². The predicted octanol–water partition coefficient (Wildman–Crippen LogP) is 1.55. The summed E-state index contributed by atoms with van der Waals surface area (Å²) in [6.45, 7) is 3.17. The van der Waals surface area contributed by atoms with Crippen LogP contribution >= 0.6 is 0 Å². The molecule has 19 heavy (non-hydrogen) atoms. The second-order valence-electron chi connectivity index (χ2n) is 4.10. The van der Waals surface area contributed by atoms with Gasteiger partial charge < -0.3 is 5.73 Å². The van der Waals surface area contributed by atoms with Gasteiger partial charge >= 0.3 is 0 Å². The molecule has 1 aromatic carbocycles. The van der Waals surface area contributed by atoms with Crippen LogP contribution in [0.15, 0.2) is 23.1 Å². The minimum atomic E-state index is -3.81. The van der Waals surface area contributed by atoms with Crippen molar-refractivity contribution >= 4 is 21.4 Å². The molecule has 0 spiro atoms. The first kappa shape index (κ1) is 13.3. The second-order valence-corrected chi connectivity index (χ2v) is 5.72. The van der Waals surface area contributed by atoms with Crippen molar-refractivity contribution in [2.75, 3.05) is 10.5 Å². The Labute approximate surface area is 109 Å². The summed E-state index contributed by atoms with van der Waals surface area (Å²) in [5, 5.41) is 6.40. The van der Waals surface area contributed by atoms with Gasteiger partial charge in [0.1, 0.15) is 10.7 Å². The Hall–Kier alpha value is -2.09. The Balaban J connectivity index is 2.39. The van der Waals surface area contributed by atoms with Crippen LogP contribution in [0.1, 0.15) is 11.4 Å². The van der Waals surface area contributed by atoms with Gasteiger partial charge in [0.05, 0.1) is 22.8 Å². The highest BCUT2D eigenvalue weighted by Crippen LogP contribution is 2.22. The van der Waals surface area contributed by atoms with Gasteiger partial charge in [-0.2, -0.15) is 5.10 Å². The van der Waals surface area contributed by atoms with E-state index in [1.165, 1.54) is 12.1 Å². The molecule has 4 N–H and O–H groups in total. The summed E-state index contributed by atoms with van der Waals surface area (Å²) in [5.74, 6) is -0.680. The maximum atomic E-state index is 13.3. The molecule has 1 heterocycles. The predicted molar refractivity (Wildman–Crippen MR) is 69.7 cm³/mol. The number of aromatic amines is 1. The number of aromatic nitrogens is 2. The van der Waals surface area contributed by atoms with Gasteiger partial charge in [-0.3, -0.25) is 9.82 Å². The van der Waals surface area contributed by atoms with Gasteiger partial charge in [0.2, 0.25) is 0 Å². The quantitative estimate of drug-likeness (QED) is 0.744. The molecular weight excluding hydrogens is 271 g/mol. The molecule has 2 aromatic rings. The number of aryl methyl sites for hydroxylation is 2. The monoisotopic (exact) mass is 284 g/mol. The van der Waals surface area contributed by atoms with Crippen LogP contribution in [-0.2, 0) is 10.0 Å². The number of sulfonamides is 1. The molecule has 0 unspecified atom stereocenters. The fourth-order valence-electron chi connectivity index (χ4n) is 1.73.